The molecule has 2 aliphatic heterocycles. The number of nitrogens with zero attached hydrogens (tertiary/aromatic N) is 2. The van der Waals surface area contributed by atoms with Crippen molar-refractivity contribution in [2.45, 2.75) is 0 Å². The highest BCUT2D eigenvalue weighted by Crippen LogP contribution is 2.51. The number of fused-ring (bicyclic) bond motifs is 8. The summed E-state index contributed by atoms with van der Waals surface area (Å²) in [6.45, 7) is -0.0115. The molecule has 0 atom stereocenters. The third-order valence-corrected chi connectivity index (χ3v) is 11.8. The zero-order valence-corrected chi connectivity index (χ0v) is 27.9. The molecular formula is C46H29BN2S. The van der Waals surface area contributed by atoms with Gasteiger partial charge in [-0.05, 0) is 63.8 Å². The number of hydrogen-bond donors (Lipinski definition) is 0. The van der Waals surface area contributed by atoms with E-state index in [4.69, 9.17) is 0 Å². The minimum atomic E-state index is -0.0115. The number of benzene rings is 8. The monoisotopic (exact) mass is 652 g/mol. The smallest absolute Gasteiger partial charge is 0.333 e. The Morgan fingerprint density at radius 1 is 0.420 bits per heavy atom. The number of para-hydroxylation sites is 2. The minimum Gasteiger partial charge on any atom is -0.376 e. The first-order valence-corrected chi connectivity index (χ1v) is 18.0. The maximum absolute atomic E-state index is 2.60. The lowest BCUT2D eigenvalue weighted by molar-refractivity contribution is 1.28. The van der Waals surface area contributed by atoms with Crippen LogP contribution in [0.4, 0.5) is 28.4 Å². The number of anilines is 5. The maximum Gasteiger partial charge on any atom is 0.333 e. The average Bonchev–Trinajstić information content (AvgIpc) is 3.57. The summed E-state index contributed by atoms with van der Waals surface area (Å²) in [4.78, 5) is 5.15. The van der Waals surface area contributed by atoms with Crippen LogP contribution in [-0.4, -0.2) is 6.85 Å². The Labute approximate surface area is 295 Å². The summed E-state index contributed by atoms with van der Waals surface area (Å²) < 4.78 is 2.64. The fraction of sp³-hybridized carbons (Fsp3) is 0. The lowest BCUT2D eigenvalue weighted by Crippen LogP contribution is -2.61. The van der Waals surface area contributed by atoms with Crippen LogP contribution >= 0.6 is 11.3 Å². The number of hydrogen-bond acceptors (Lipinski definition) is 3. The van der Waals surface area contributed by atoms with Crippen LogP contribution in [0.1, 0.15) is 0 Å². The number of thiophene rings is 1. The van der Waals surface area contributed by atoms with Crippen LogP contribution in [0.15, 0.2) is 176 Å². The van der Waals surface area contributed by atoms with E-state index in [0.29, 0.717) is 0 Å². The van der Waals surface area contributed by atoms with Gasteiger partial charge in [-0.3, -0.25) is 0 Å². The fourth-order valence-electron chi connectivity index (χ4n) is 8.59. The molecule has 0 radical (unpaired) electrons. The predicted octanol–water partition coefficient (Wildman–Crippen LogP) is 11.6. The van der Waals surface area contributed by atoms with Crippen molar-refractivity contribution >= 4 is 88.5 Å². The summed E-state index contributed by atoms with van der Waals surface area (Å²) in [5.41, 5.74) is 13.8. The van der Waals surface area contributed by atoms with Crippen LogP contribution in [0.2, 0.25) is 0 Å². The van der Waals surface area contributed by atoms with Gasteiger partial charge in [0.15, 0.2) is 0 Å². The van der Waals surface area contributed by atoms with Gasteiger partial charge in [-0.1, -0.05) is 140 Å². The van der Waals surface area contributed by atoms with Gasteiger partial charge in [-0.25, -0.2) is 0 Å². The summed E-state index contributed by atoms with van der Waals surface area (Å²) >= 11 is 1.90. The first-order chi connectivity index (χ1) is 24.8. The molecule has 2 nitrogen and oxygen atoms in total. The second-order valence-electron chi connectivity index (χ2n) is 13.2. The predicted molar refractivity (Wildman–Crippen MR) is 216 cm³/mol. The second-order valence-corrected chi connectivity index (χ2v) is 14.3. The van der Waals surface area contributed by atoms with Crippen molar-refractivity contribution in [2.75, 3.05) is 9.71 Å². The molecule has 0 amide bonds. The third kappa shape index (κ3) is 3.85. The van der Waals surface area contributed by atoms with Crippen LogP contribution in [0.3, 0.4) is 0 Å². The van der Waals surface area contributed by atoms with Crippen LogP contribution < -0.4 is 20.6 Å². The van der Waals surface area contributed by atoms with E-state index in [-0.39, 0.29) is 6.85 Å². The summed E-state index contributed by atoms with van der Waals surface area (Å²) in [6, 6.07) is 64.9. The van der Waals surface area contributed by atoms with Crippen molar-refractivity contribution in [3.05, 3.63) is 176 Å². The van der Waals surface area contributed by atoms with Gasteiger partial charge < -0.3 is 9.71 Å². The number of rotatable bonds is 3. The highest BCUT2D eigenvalue weighted by Gasteiger charge is 2.45. The van der Waals surface area contributed by atoms with Crippen LogP contribution in [-0.2, 0) is 0 Å². The summed E-state index contributed by atoms with van der Waals surface area (Å²) in [6.07, 6.45) is 0. The molecule has 0 aliphatic carbocycles. The van der Waals surface area contributed by atoms with Gasteiger partial charge in [0.2, 0.25) is 0 Å². The molecule has 4 heteroatoms. The summed E-state index contributed by atoms with van der Waals surface area (Å²) in [5.74, 6) is 0. The van der Waals surface area contributed by atoms with Crippen LogP contribution in [0.5, 0.6) is 0 Å². The molecule has 1 aromatic heterocycles. The Hall–Kier alpha value is -6.10. The molecule has 0 saturated heterocycles. The molecule has 2 aliphatic rings. The standard InChI is InChI=1S/C46H29BN2S/c1-2-15-31(16-3-1)44-41(29-28-36-34-20-7-11-27-43(34)50-46(36)44)48-40-24-10-8-22-37(40)47-45-35(21-13-26-42(45)48)33-19-6-9-23-39(33)49(47)38-25-12-17-30-14-4-5-18-32(30)38/h1-29H. The Morgan fingerprint density at radius 2 is 1.08 bits per heavy atom. The van der Waals surface area contributed by atoms with Gasteiger partial charge in [-0.15, -0.1) is 11.3 Å². The van der Waals surface area contributed by atoms with Gasteiger partial charge in [0, 0.05) is 59.4 Å². The maximum atomic E-state index is 2.60. The molecular weight excluding hydrogens is 623 g/mol. The van der Waals surface area contributed by atoms with Crippen LogP contribution in [0, 0.1) is 0 Å². The minimum absolute atomic E-state index is 0.0115. The molecule has 3 heterocycles. The van der Waals surface area contributed by atoms with Gasteiger partial charge in [0.25, 0.3) is 0 Å². The van der Waals surface area contributed by atoms with Crippen molar-refractivity contribution in [3.8, 4) is 22.3 Å². The molecule has 0 saturated carbocycles. The van der Waals surface area contributed by atoms with E-state index in [9.17, 15) is 0 Å². The Balaban J connectivity index is 1.24. The van der Waals surface area contributed by atoms with Crippen molar-refractivity contribution in [1.82, 2.24) is 0 Å². The normalized spacial score (nSPS) is 13.1. The van der Waals surface area contributed by atoms with Gasteiger partial charge >= 0.3 is 6.85 Å². The third-order valence-electron chi connectivity index (χ3n) is 10.6. The molecule has 50 heavy (non-hydrogen) atoms. The van der Waals surface area contributed by atoms with Crippen molar-refractivity contribution in [3.63, 3.8) is 0 Å². The summed E-state index contributed by atoms with van der Waals surface area (Å²) in [5, 5.41) is 5.13. The molecule has 232 valence electrons. The highest BCUT2D eigenvalue weighted by molar-refractivity contribution is 7.26. The quantitative estimate of drug-likeness (QED) is 0.175. The van der Waals surface area contributed by atoms with E-state index >= 15 is 0 Å². The summed E-state index contributed by atoms with van der Waals surface area (Å²) in [7, 11) is 0. The van der Waals surface area contributed by atoms with Gasteiger partial charge in [0.1, 0.15) is 0 Å². The molecule has 9 aromatic rings. The topological polar surface area (TPSA) is 6.48 Å². The van der Waals surface area contributed by atoms with E-state index < -0.39 is 0 Å². The highest BCUT2D eigenvalue weighted by atomic mass is 32.1. The molecule has 8 aromatic carbocycles. The lowest BCUT2D eigenvalue weighted by Gasteiger charge is -2.46. The molecule has 0 bridgehead atoms. The Bertz CT molecular complexity index is 2800. The zero-order chi connectivity index (χ0) is 32.8. The van der Waals surface area contributed by atoms with E-state index in [1.807, 2.05) is 11.3 Å². The van der Waals surface area contributed by atoms with Gasteiger partial charge in [0.05, 0.1) is 5.69 Å². The Kier molecular flexibility index (Phi) is 5.95. The van der Waals surface area contributed by atoms with Crippen LogP contribution in [0.25, 0.3) is 53.2 Å². The molecule has 0 fully saturated rings. The molecule has 11 rings (SSSR count). The van der Waals surface area contributed by atoms with Gasteiger partial charge in [-0.2, -0.15) is 0 Å². The van der Waals surface area contributed by atoms with Crippen molar-refractivity contribution in [2.24, 2.45) is 0 Å². The van der Waals surface area contributed by atoms with E-state index in [2.05, 4.69) is 186 Å². The van der Waals surface area contributed by atoms with E-state index in [0.717, 1.165) is 0 Å². The lowest BCUT2D eigenvalue weighted by atomic mass is 9.43. The average molecular weight is 653 g/mol. The first-order valence-electron chi connectivity index (χ1n) is 17.2. The largest absolute Gasteiger partial charge is 0.376 e. The Morgan fingerprint density at radius 3 is 2.00 bits per heavy atom. The van der Waals surface area contributed by atoms with E-state index in [1.54, 1.807) is 0 Å². The first kappa shape index (κ1) is 27.8. The van der Waals surface area contributed by atoms with E-state index in [1.165, 1.54) is 92.6 Å². The van der Waals surface area contributed by atoms with Crippen molar-refractivity contribution in [1.29, 1.82) is 0 Å². The molecule has 0 unspecified atom stereocenters. The zero-order valence-electron chi connectivity index (χ0n) is 27.1. The molecule has 0 spiro atoms. The van der Waals surface area contributed by atoms with Crippen molar-refractivity contribution < 1.29 is 0 Å². The second kappa shape index (κ2) is 10.7. The fourth-order valence-corrected chi connectivity index (χ4v) is 9.86. The SMILES string of the molecule is c1ccc(-c2c(N3c4ccccc4B4c5c(cccc53)-c3ccccc3N4c3cccc4ccccc34)ccc3c2sc2ccccc23)cc1. The molecule has 0 N–H and O–H groups in total.